The number of anilines is 1. The second kappa shape index (κ2) is 14.1. The number of aryl methyl sites for hydroxylation is 1. The van der Waals surface area contributed by atoms with E-state index in [0.29, 0.717) is 11.5 Å². The van der Waals surface area contributed by atoms with E-state index < -0.39 is 28.5 Å². The smallest absolute Gasteiger partial charge is 0.264 e. The van der Waals surface area contributed by atoms with E-state index in [2.05, 4.69) is 5.32 Å². The lowest BCUT2D eigenvalue weighted by Crippen LogP contribution is -2.52. The molecule has 0 saturated heterocycles. The van der Waals surface area contributed by atoms with Crippen LogP contribution in [0.15, 0.2) is 71.6 Å². The van der Waals surface area contributed by atoms with Gasteiger partial charge in [-0.15, -0.1) is 0 Å². The molecule has 11 heteroatoms. The van der Waals surface area contributed by atoms with E-state index in [9.17, 15) is 18.0 Å². The predicted molar refractivity (Wildman–Crippen MR) is 162 cm³/mol. The molecule has 0 aliphatic carbocycles. The van der Waals surface area contributed by atoms with Crippen LogP contribution in [-0.4, -0.2) is 65.1 Å². The van der Waals surface area contributed by atoms with Crippen molar-refractivity contribution in [3.8, 4) is 17.2 Å². The third kappa shape index (κ3) is 7.73. The van der Waals surface area contributed by atoms with Crippen molar-refractivity contribution in [3.63, 3.8) is 0 Å². The Morgan fingerprint density at radius 2 is 1.43 bits per heavy atom. The third-order valence-corrected chi connectivity index (χ3v) is 8.43. The fraction of sp³-hybridized carbons (Fsp3) is 0.355. The minimum absolute atomic E-state index is 0.00178. The Kier molecular flexibility index (Phi) is 10.8. The Labute approximate surface area is 248 Å². The Hall–Kier alpha value is -4.25. The van der Waals surface area contributed by atoms with Gasteiger partial charge in [0.05, 0.1) is 31.9 Å². The summed E-state index contributed by atoms with van der Waals surface area (Å²) in [5.41, 5.74) is 1.74. The van der Waals surface area contributed by atoms with Crippen molar-refractivity contribution in [2.24, 2.45) is 0 Å². The van der Waals surface area contributed by atoms with E-state index in [0.717, 1.165) is 15.4 Å². The first-order chi connectivity index (χ1) is 19.9. The second-order valence-corrected chi connectivity index (χ2v) is 11.9. The van der Waals surface area contributed by atoms with Gasteiger partial charge in [-0.25, -0.2) is 8.42 Å². The quantitative estimate of drug-likeness (QED) is 0.315. The molecule has 0 radical (unpaired) electrons. The van der Waals surface area contributed by atoms with Gasteiger partial charge in [0.1, 0.15) is 29.8 Å². The molecule has 3 aromatic rings. The minimum atomic E-state index is -4.27. The molecule has 0 heterocycles. The molecule has 10 nitrogen and oxygen atoms in total. The van der Waals surface area contributed by atoms with Gasteiger partial charge in [0.2, 0.25) is 11.8 Å². The summed E-state index contributed by atoms with van der Waals surface area (Å²) in [6.45, 7) is 6.57. The number of amides is 2. The summed E-state index contributed by atoms with van der Waals surface area (Å²) in [5.74, 6) is 0.299. The largest absolute Gasteiger partial charge is 0.497 e. The highest BCUT2D eigenvalue weighted by molar-refractivity contribution is 7.92. The maximum absolute atomic E-state index is 14.1. The predicted octanol–water partition coefficient (Wildman–Crippen LogP) is 4.16. The van der Waals surface area contributed by atoms with E-state index in [1.165, 1.54) is 37.3 Å². The highest BCUT2D eigenvalue weighted by Gasteiger charge is 2.34. The van der Waals surface area contributed by atoms with E-state index in [-0.39, 0.29) is 34.8 Å². The van der Waals surface area contributed by atoms with Crippen molar-refractivity contribution in [1.82, 2.24) is 10.2 Å². The number of carbonyl (C=O) groups is 2. The topological polar surface area (TPSA) is 114 Å². The zero-order valence-corrected chi connectivity index (χ0v) is 25.9. The van der Waals surface area contributed by atoms with Crippen molar-refractivity contribution >= 4 is 27.5 Å². The van der Waals surface area contributed by atoms with Gasteiger partial charge in [-0.1, -0.05) is 29.8 Å². The molecule has 0 unspecified atom stereocenters. The molecule has 1 atom stereocenters. The van der Waals surface area contributed by atoms with Gasteiger partial charge in [-0.2, -0.15) is 0 Å². The zero-order valence-electron chi connectivity index (χ0n) is 25.1. The van der Waals surface area contributed by atoms with Gasteiger partial charge < -0.3 is 24.4 Å². The lowest BCUT2D eigenvalue weighted by Gasteiger charge is -2.32. The van der Waals surface area contributed by atoms with E-state index >= 15 is 0 Å². The Morgan fingerprint density at radius 1 is 0.833 bits per heavy atom. The Balaban J connectivity index is 2.11. The first-order valence-electron chi connectivity index (χ1n) is 13.5. The van der Waals surface area contributed by atoms with Crippen LogP contribution >= 0.6 is 0 Å². The molecule has 0 aliphatic heterocycles. The molecular formula is C31H39N3O7S. The van der Waals surface area contributed by atoms with E-state index in [1.54, 1.807) is 62.6 Å². The number of carbonyl (C=O) groups excluding carboxylic acids is 2. The summed E-state index contributed by atoms with van der Waals surface area (Å²) in [5, 5.41) is 2.84. The second-order valence-electron chi connectivity index (χ2n) is 10.1. The van der Waals surface area contributed by atoms with Crippen molar-refractivity contribution in [1.29, 1.82) is 0 Å². The standard InChI is InChI=1S/C31H39N3O7S/c1-21(2)32-31(36)23(4)33(19-24-10-12-25(39-5)13-11-24)30(35)20-34(28-18-26(40-6)14-17-29(28)41-7)42(37,38)27-15-8-22(3)9-16-27/h8-18,21,23H,19-20H2,1-7H3,(H,32,36)/t23-/m0/s1. The number of methoxy groups -OCH3 is 3. The highest BCUT2D eigenvalue weighted by atomic mass is 32.2. The molecule has 3 rings (SSSR count). The number of sulfonamides is 1. The van der Waals surface area contributed by atoms with Crippen molar-refractivity contribution in [2.75, 3.05) is 32.2 Å². The first-order valence-corrected chi connectivity index (χ1v) is 14.9. The number of nitrogens with zero attached hydrogens (tertiary/aromatic N) is 2. The van der Waals surface area contributed by atoms with Crippen molar-refractivity contribution in [3.05, 3.63) is 77.9 Å². The van der Waals surface area contributed by atoms with Crippen LogP contribution in [0.3, 0.4) is 0 Å². The summed E-state index contributed by atoms with van der Waals surface area (Å²) < 4.78 is 45.3. The van der Waals surface area contributed by atoms with Crippen LogP contribution in [0.4, 0.5) is 5.69 Å². The lowest BCUT2D eigenvalue weighted by molar-refractivity contribution is -0.139. The Morgan fingerprint density at radius 3 is 1.98 bits per heavy atom. The molecule has 0 fully saturated rings. The fourth-order valence-corrected chi connectivity index (χ4v) is 5.67. The summed E-state index contributed by atoms with van der Waals surface area (Å²) >= 11 is 0. The molecule has 3 aromatic carbocycles. The number of nitrogens with one attached hydrogen (secondary N) is 1. The molecule has 42 heavy (non-hydrogen) atoms. The van der Waals surface area contributed by atoms with Crippen LogP contribution in [0.2, 0.25) is 0 Å². The van der Waals surface area contributed by atoms with E-state index in [4.69, 9.17) is 14.2 Å². The molecule has 0 spiro atoms. The van der Waals surface area contributed by atoms with E-state index in [1.807, 2.05) is 20.8 Å². The van der Waals surface area contributed by atoms with Gasteiger partial charge in [0.25, 0.3) is 10.0 Å². The SMILES string of the molecule is COc1ccc(CN(C(=O)CN(c2cc(OC)ccc2OC)S(=O)(=O)c2ccc(C)cc2)[C@@H](C)C(=O)NC(C)C)cc1. The first kappa shape index (κ1) is 32.3. The maximum atomic E-state index is 14.1. The number of hydrogen-bond acceptors (Lipinski definition) is 7. The normalized spacial score (nSPS) is 11.9. The van der Waals surface area contributed by atoms with Gasteiger partial charge in [-0.05, 0) is 69.7 Å². The molecule has 0 aliphatic rings. The average Bonchev–Trinajstić information content (AvgIpc) is 2.97. The third-order valence-electron chi connectivity index (χ3n) is 6.65. The van der Waals surface area contributed by atoms with Crippen LogP contribution in [0.1, 0.15) is 31.9 Å². The number of benzene rings is 3. The van der Waals surface area contributed by atoms with Gasteiger partial charge >= 0.3 is 0 Å². The van der Waals surface area contributed by atoms with Crippen molar-refractivity contribution in [2.45, 2.75) is 51.2 Å². The van der Waals surface area contributed by atoms with Gasteiger partial charge in [0.15, 0.2) is 0 Å². The summed E-state index contributed by atoms with van der Waals surface area (Å²) in [6, 6.07) is 17.1. The van der Waals surface area contributed by atoms with Crippen molar-refractivity contribution < 1.29 is 32.2 Å². The average molecular weight is 598 g/mol. The maximum Gasteiger partial charge on any atom is 0.264 e. The van der Waals surface area contributed by atoms with Crippen LogP contribution in [0.5, 0.6) is 17.2 Å². The van der Waals surface area contributed by atoms with Gasteiger partial charge in [-0.3, -0.25) is 13.9 Å². The van der Waals surface area contributed by atoms with Crippen LogP contribution in [-0.2, 0) is 26.2 Å². The molecule has 2 amide bonds. The lowest BCUT2D eigenvalue weighted by atomic mass is 10.1. The Bertz CT molecular complexity index is 1470. The summed E-state index contributed by atoms with van der Waals surface area (Å²) in [4.78, 5) is 28.6. The number of hydrogen-bond donors (Lipinski definition) is 1. The van der Waals surface area contributed by atoms with Gasteiger partial charge in [0, 0.05) is 18.7 Å². The molecule has 226 valence electrons. The van der Waals surface area contributed by atoms with Crippen LogP contribution < -0.4 is 23.8 Å². The fourth-order valence-electron chi connectivity index (χ4n) is 4.26. The molecule has 0 bridgehead atoms. The molecule has 0 aromatic heterocycles. The number of rotatable bonds is 13. The summed E-state index contributed by atoms with van der Waals surface area (Å²) in [6.07, 6.45) is 0. The minimum Gasteiger partial charge on any atom is -0.497 e. The summed E-state index contributed by atoms with van der Waals surface area (Å²) in [7, 11) is 0.158. The molecule has 0 saturated carbocycles. The number of ether oxygens (including phenoxy) is 3. The molecular weight excluding hydrogens is 558 g/mol. The highest BCUT2D eigenvalue weighted by Crippen LogP contribution is 2.36. The van der Waals surface area contributed by atoms with Crippen LogP contribution in [0.25, 0.3) is 0 Å². The zero-order chi connectivity index (χ0) is 31.0. The molecule has 1 N–H and O–H groups in total. The van der Waals surface area contributed by atoms with Crippen LogP contribution in [0, 0.1) is 6.92 Å². The monoisotopic (exact) mass is 597 g/mol.